The van der Waals surface area contributed by atoms with Crippen molar-refractivity contribution in [3.05, 3.63) is 11.9 Å². The van der Waals surface area contributed by atoms with Crippen molar-refractivity contribution in [1.82, 2.24) is 15.0 Å². The van der Waals surface area contributed by atoms with Crippen LogP contribution in [0.3, 0.4) is 0 Å². The van der Waals surface area contributed by atoms with Gasteiger partial charge in [-0.3, -0.25) is 4.68 Å². The summed E-state index contributed by atoms with van der Waals surface area (Å²) >= 11 is 0. The van der Waals surface area contributed by atoms with Crippen LogP contribution < -0.4 is 5.73 Å². The number of hydrogen-bond donors (Lipinski definition) is 1. The molecule has 1 aromatic heterocycles. The number of nitrogens with two attached hydrogens (primary N) is 1. The minimum atomic E-state index is -0.243. The standard InChI is InChI=1S/C17H34N4O3/c1-6-21-13-15(19-20-21)14-22-11-12-24-17(4,5)8-10-23-16(2,3)7-9-18/h13H,6-12,14,18H2,1-5H3. The number of ether oxygens (including phenoxy) is 3. The maximum absolute atomic E-state index is 5.90. The number of aryl methyl sites for hydroxylation is 1. The van der Waals surface area contributed by atoms with Crippen molar-refractivity contribution in [2.75, 3.05) is 26.4 Å². The van der Waals surface area contributed by atoms with Gasteiger partial charge < -0.3 is 19.9 Å². The fourth-order valence-electron chi connectivity index (χ4n) is 2.18. The third-order valence-corrected chi connectivity index (χ3v) is 3.82. The van der Waals surface area contributed by atoms with Gasteiger partial charge in [-0.25, -0.2) is 0 Å². The van der Waals surface area contributed by atoms with Crippen molar-refractivity contribution in [2.45, 2.75) is 71.8 Å². The Bertz CT molecular complexity index is 460. The van der Waals surface area contributed by atoms with E-state index in [9.17, 15) is 0 Å². The molecule has 0 aliphatic rings. The predicted octanol–water partition coefficient (Wildman–Crippen LogP) is 2.14. The molecule has 0 radical (unpaired) electrons. The molecular weight excluding hydrogens is 308 g/mol. The van der Waals surface area contributed by atoms with E-state index in [4.69, 9.17) is 19.9 Å². The first-order valence-corrected chi connectivity index (χ1v) is 8.73. The molecule has 140 valence electrons. The van der Waals surface area contributed by atoms with Crippen molar-refractivity contribution in [1.29, 1.82) is 0 Å². The molecule has 2 N–H and O–H groups in total. The molecular formula is C17H34N4O3. The van der Waals surface area contributed by atoms with Crippen LogP contribution in [0, 0.1) is 0 Å². The lowest BCUT2D eigenvalue weighted by molar-refractivity contribution is -0.0852. The van der Waals surface area contributed by atoms with E-state index in [-0.39, 0.29) is 11.2 Å². The third kappa shape index (κ3) is 8.73. The molecule has 0 aliphatic carbocycles. The Hall–Kier alpha value is -1.02. The zero-order valence-electron chi connectivity index (χ0n) is 15.9. The van der Waals surface area contributed by atoms with Crippen LogP contribution in [0.4, 0.5) is 0 Å². The molecule has 0 aliphatic heterocycles. The predicted molar refractivity (Wildman–Crippen MR) is 93.7 cm³/mol. The molecule has 0 unspecified atom stereocenters. The third-order valence-electron chi connectivity index (χ3n) is 3.82. The largest absolute Gasteiger partial charge is 0.375 e. The molecule has 0 atom stereocenters. The Morgan fingerprint density at radius 1 is 1.04 bits per heavy atom. The monoisotopic (exact) mass is 342 g/mol. The lowest BCUT2D eigenvalue weighted by atomic mass is 10.0. The van der Waals surface area contributed by atoms with Gasteiger partial charge in [-0.15, -0.1) is 5.10 Å². The average Bonchev–Trinajstić information content (AvgIpc) is 2.94. The number of hydrogen-bond acceptors (Lipinski definition) is 6. The molecule has 24 heavy (non-hydrogen) atoms. The van der Waals surface area contributed by atoms with Gasteiger partial charge in [0.15, 0.2) is 0 Å². The molecule has 7 nitrogen and oxygen atoms in total. The van der Waals surface area contributed by atoms with Crippen LogP contribution in [0.15, 0.2) is 6.20 Å². The Kier molecular flexibility index (Phi) is 8.83. The highest BCUT2D eigenvalue weighted by Crippen LogP contribution is 2.19. The lowest BCUT2D eigenvalue weighted by Crippen LogP contribution is -2.32. The topological polar surface area (TPSA) is 84.4 Å². The molecule has 1 rings (SSSR count). The van der Waals surface area contributed by atoms with Gasteiger partial charge >= 0.3 is 0 Å². The molecule has 0 amide bonds. The number of nitrogens with zero attached hydrogens (tertiary/aromatic N) is 3. The van der Waals surface area contributed by atoms with Gasteiger partial charge in [-0.2, -0.15) is 0 Å². The average molecular weight is 342 g/mol. The molecule has 0 spiro atoms. The normalized spacial score (nSPS) is 12.8. The second kappa shape index (κ2) is 10.1. The van der Waals surface area contributed by atoms with Gasteiger partial charge in [0, 0.05) is 6.54 Å². The summed E-state index contributed by atoms with van der Waals surface area (Å²) in [5.74, 6) is 0. The Morgan fingerprint density at radius 2 is 1.71 bits per heavy atom. The van der Waals surface area contributed by atoms with E-state index in [1.807, 2.05) is 13.1 Å². The summed E-state index contributed by atoms with van der Waals surface area (Å²) in [6, 6.07) is 0. The minimum Gasteiger partial charge on any atom is -0.375 e. The Labute approximate surface area is 145 Å². The SMILES string of the molecule is CCn1cc(COCCOC(C)(C)CCOC(C)(C)CCN)nn1. The first-order valence-electron chi connectivity index (χ1n) is 8.73. The summed E-state index contributed by atoms with van der Waals surface area (Å²) in [5, 5.41) is 8.01. The van der Waals surface area contributed by atoms with E-state index in [2.05, 4.69) is 38.0 Å². The molecule has 1 heterocycles. The lowest BCUT2D eigenvalue weighted by Gasteiger charge is -2.29. The summed E-state index contributed by atoms with van der Waals surface area (Å²) in [7, 11) is 0. The van der Waals surface area contributed by atoms with Gasteiger partial charge in [0.05, 0.1) is 43.8 Å². The Balaban J connectivity index is 2.13. The van der Waals surface area contributed by atoms with Crippen LogP contribution in [0.2, 0.25) is 0 Å². The summed E-state index contributed by atoms with van der Waals surface area (Å²) in [5.41, 5.74) is 6.01. The molecule has 0 saturated heterocycles. The van der Waals surface area contributed by atoms with Crippen LogP contribution in [0.25, 0.3) is 0 Å². The highest BCUT2D eigenvalue weighted by Gasteiger charge is 2.22. The quantitative estimate of drug-likeness (QED) is 0.553. The van der Waals surface area contributed by atoms with Crippen molar-refractivity contribution < 1.29 is 14.2 Å². The molecule has 0 aromatic carbocycles. The van der Waals surface area contributed by atoms with E-state index < -0.39 is 0 Å². The maximum Gasteiger partial charge on any atom is 0.108 e. The fraction of sp³-hybridized carbons (Fsp3) is 0.882. The van der Waals surface area contributed by atoms with Gasteiger partial charge in [0.1, 0.15) is 5.69 Å². The van der Waals surface area contributed by atoms with Crippen LogP contribution in [0.1, 0.15) is 53.2 Å². The number of rotatable bonds is 13. The van der Waals surface area contributed by atoms with Crippen LogP contribution in [0.5, 0.6) is 0 Å². The van der Waals surface area contributed by atoms with Gasteiger partial charge in [-0.1, -0.05) is 5.21 Å². The second-order valence-electron chi connectivity index (χ2n) is 7.12. The van der Waals surface area contributed by atoms with Crippen LogP contribution in [-0.2, 0) is 27.4 Å². The van der Waals surface area contributed by atoms with E-state index in [0.717, 1.165) is 25.1 Å². The van der Waals surface area contributed by atoms with Crippen molar-refractivity contribution in [3.8, 4) is 0 Å². The molecule has 1 aromatic rings. The summed E-state index contributed by atoms with van der Waals surface area (Å²) in [6.45, 7) is 13.9. The van der Waals surface area contributed by atoms with Gasteiger partial charge in [-0.05, 0) is 54.0 Å². The minimum absolute atomic E-state index is 0.177. The fourth-order valence-corrected chi connectivity index (χ4v) is 2.18. The van der Waals surface area contributed by atoms with Crippen LogP contribution >= 0.6 is 0 Å². The Morgan fingerprint density at radius 3 is 2.33 bits per heavy atom. The van der Waals surface area contributed by atoms with E-state index in [1.165, 1.54) is 0 Å². The van der Waals surface area contributed by atoms with Crippen molar-refractivity contribution in [2.24, 2.45) is 5.73 Å². The first-order chi connectivity index (χ1) is 11.3. The maximum atomic E-state index is 5.90. The molecule has 0 saturated carbocycles. The highest BCUT2D eigenvalue weighted by atomic mass is 16.5. The summed E-state index contributed by atoms with van der Waals surface area (Å²) < 4.78 is 19.2. The molecule has 0 fully saturated rings. The zero-order chi connectivity index (χ0) is 18.1. The van der Waals surface area contributed by atoms with Gasteiger partial charge in [0.25, 0.3) is 0 Å². The van der Waals surface area contributed by atoms with Crippen LogP contribution in [-0.4, -0.2) is 52.6 Å². The summed E-state index contributed by atoms with van der Waals surface area (Å²) in [6.07, 6.45) is 3.57. The van der Waals surface area contributed by atoms with Crippen molar-refractivity contribution in [3.63, 3.8) is 0 Å². The summed E-state index contributed by atoms with van der Waals surface area (Å²) in [4.78, 5) is 0. The highest BCUT2D eigenvalue weighted by molar-refractivity contribution is 4.89. The second-order valence-corrected chi connectivity index (χ2v) is 7.12. The zero-order valence-corrected chi connectivity index (χ0v) is 15.9. The van der Waals surface area contributed by atoms with Gasteiger partial charge in [0.2, 0.25) is 0 Å². The van der Waals surface area contributed by atoms with E-state index >= 15 is 0 Å². The first kappa shape index (κ1) is 21.0. The van der Waals surface area contributed by atoms with Crippen molar-refractivity contribution >= 4 is 0 Å². The molecule has 0 bridgehead atoms. The molecule has 7 heteroatoms. The van der Waals surface area contributed by atoms with E-state index in [0.29, 0.717) is 33.0 Å². The number of aromatic nitrogens is 3. The smallest absolute Gasteiger partial charge is 0.108 e. The van der Waals surface area contributed by atoms with E-state index in [1.54, 1.807) is 4.68 Å².